The summed E-state index contributed by atoms with van der Waals surface area (Å²) in [6.07, 6.45) is 0.789. The quantitative estimate of drug-likeness (QED) is 0.221. The van der Waals surface area contributed by atoms with Crippen molar-refractivity contribution >= 4 is 23.6 Å². The number of nitrogens with zero attached hydrogens (tertiary/aromatic N) is 1. The first-order chi connectivity index (χ1) is 19.6. The first-order valence-corrected chi connectivity index (χ1v) is 14.3. The average Bonchev–Trinajstić information content (AvgIpc) is 2.94. The summed E-state index contributed by atoms with van der Waals surface area (Å²) in [5, 5.41) is 27.5. The van der Waals surface area contributed by atoms with Crippen molar-refractivity contribution in [3.63, 3.8) is 0 Å². The van der Waals surface area contributed by atoms with E-state index in [-0.39, 0.29) is 24.8 Å². The number of likely N-dealkylation sites (tertiary alicyclic amines) is 1. The molecule has 3 aromatic carbocycles. The van der Waals surface area contributed by atoms with Gasteiger partial charge in [-0.3, -0.25) is 4.79 Å². The summed E-state index contributed by atoms with van der Waals surface area (Å²) in [5.41, 5.74) is 2.54. The average molecular weight is 582 g/mol. The molecule has 1 aliphatic rings. The molecule has 4 rings (SSSR count). The van der Waals surface area contributed by atoms with Crippen LogP contribution in [-0.2, 0) is 12.1 Å². The van der Waals surface area contributed by atoms with E-state index in [0.29, 0.717) is 66.2 Å². The summed E-state index contributed by atoms with van der Waals surface area (Å²) < 4.78 is 14.5. The molecule has 7 nitrogen and oxygen atoms in total. The van der Waals surface area contributed by atoms with E-state index in [1.165, 1.54) is 12.1 Å². The van der Waals surface area contributed by atoms with Crippen molar-refractivity contribution in [1.29, 1.82) is 0 Å². The fourth-order valence-electron chi connectivity index (χ4n) is 5.87. The van der Waals surface area contributed by atoms with Crippen LogP contribution in [0.5, 0.6) is 0 Å². The molecule has 0 aliphatic carbocycles. The lowest BCUT2D eigenvalue weighted by molar-refractivity contribution is -0.0563. The van der Waals surface area contributed by atoms with Gasteiger partial charge in [0.15, 0.2) is 0 Å². The highest BCUT2D eigenvalue weighted by Gasteiger charge is 2.43. The maximum atomic E-state index is 14.5. The number of carboxylic acid groups (broad SMARTS) is 1. The lowest BCUT2D eigenvalue weighted by atomic mass is 9.72. The van der Waals surface area contributed by atoms with Gasteiger partial charge in [0.25, 0.3) is 5.91 Å². The van der Waals surface area contributed by atoms with Crippen LogP contribution in [0.15, 0.2) is 60.7 Å². The van der Waals surface area contributed by atoms with Crippen molar-refractivity contribution in [3.8, 4) is 11.1 Å². The van der Waals surface area contributed by atoms with Gasteiger partial charge in [0.1, 0.15) is 5.82 Å². The number of carbonyl (C=O) groups excluding carboxylic acids is 1. The summed E-state index contributed by atoms with van der Waals surface area (Å²) in [6, 6.07) is 17.4. The molecule has 0 spiro atoms. The van der Waals surface area contributed by atoms with Crippen molar-refractivity contribution in [3.05, 3.63) is 93.8 Å². The third-order valence-corrected chi connectivity index (χ3v) is 8.10. The number of rotatable bonds is 10. The van der Waals surface area contributed by atoms with E-state index >= 15 is 0 Å². The molecule has 3 aromatic rings. The third-order valence-electron chi connectivity index (χ3n) is 7.79. The number of halogens is 2. The predicted octanol–water partition coefficient (Wildman–Crippen LogP) is 5.96. The molecular weight excluding hydrogens is 545 g/mol. The minimum Gasteiger partial charge on any atom is -0.465 e. The number of benzene rings is 3. The highest BCUT2D eigenvalue weighted by Crippen LogP contribution is 2.46. The van der Waals surface area contributed by atoms with E-state index in [2.05, 4.69) is 10.6 Å². The molecule has 2 atom stereocenters. The van der Waals surface area contributed by atoms with Crippen molar-refractivity contribution in [2.24, 2.45) is 5.92 Å². The van der Waals surface area contributed by atoms with Gasteiger partial charge >= 0.3 is 6.09 Å². The monoisotopic (exact) mass is 581 g/mol. The van der Waals surface area contributed by atoms with Crippen LogP contribution in [0, 0.1) is 18.7 Å². The molecule has 0 saturated carbocycles. The van der Waals surface area contributed by atoms with E-state index in [1.807, 2.05) is 37.4 Å². The van der Waals surface area contributed by atoms with Gasteiger partial charge in [0, 0.05) is 48.2 Å². The van der Waals surface area contributed by atoms with Gasteiger partial charge in [-0.1, -0.05) is 41.9 Å². The number of aliphatic hydroxyl groups is 1. The minimum absolute atomic E-state index is 0.104. The minimum atomic E-state index is -1.46. The molecule has 1 saturated heterocycles. The third kappa shape index (κ3) is 7.25. The van der Waals surface area contributed by atoms with E-state index in [0.717, 1.165) is 11.1 Å². The normalized spacial score (nSPS) is 16.7. The Balaban J connectivity index is 1.70. The fourth-order valence-corrected chi connectivity index (χ4v) is 6.16. The maximum absolute atomic E-state index is 14.5. The van der Waals surface area contributed by atoms with Gasteiger partial charge < -0.3 is 25.7 Å². The lowest BCUT2D eigenvalue weighted by Crippen LogP contribution is -2.48. The van der Waals surface area contributed by atoms with Crippen molar-refractivity contribution in [2.75, 3.05) is 26.7 Å². The summed E-state index contributed by atoms with van der Waals surface area (Å²) in [4.78, 5) is 26.4. The molecule has 0 aromatic heterocycles. The Morgan fingerprint density at radius 1 is 1.15 bits per heavy atom. The van der Waals surface area contributed by atoms with E-state index < -0.39 is 17.5 Å². The first-order valence-electron chi connectivity index (χ1n) is 13.9. The van der Waals surface area contributed by atoms with Crippen LogP contribution in [0.4, 0.5) is 9.18 Å². The van der Waals surface area contributed by atoms with Gasteiger partial charge in [0.2, 0.25) is 0 Å². The number of piperidine rings is 1. The Morgan fingerprint density at radius 3 is 2.59 bits per heavy atom. The Morgan fingerprint density at radius 2 is 1.90 bits per heavy atom. The molecular formula is C32H37ClFN3O4. The van der Waals surface area contributed by atoms with Crippen LogP contribution >= 0.6 is 11.6 Å². The van der Waals surface area contributed by atoms with Crippen LogP contribution in [0.3, 0.4) is 0 Å². The predicted molar refractivity (Wildman–Crippen MR) is 159 cm³/mol. The van der Waals surface area contributed by atoms with Crippen LogP contribution in [0.25, 0.3) is 11.1 Å². The second-order valence-corrected chi connectivity index (χ2v) is 11.2. The van der Waals surface area contributed by atoms with Gasteiger partial charge in [-0.2, -0.15) is 0 Å². The molecule has 2 amide bonds. The highest BCUT2D eigenvalue weighted by molar-refractivity contribution is 6.33. The van der Waals surface area contributed by atoms with Crippen LogP contribution in [0.1, 0.15) is 52.7 Å². The van der Waals surface area contributed by atoms with Crippen molar-refractivity contribution < 1.29 is 24.2 Å². The van der Waals surface area contributed by atoms with Crippen molar-refractivity contribution in [1.82, 2.24) is 15.5 Å². The Bertz CT molecular complexity index is 1360. The summed E-state index contributed by atoms with van der Waals surface area (Å²) in [7, 11) is 1.87. The Kier molecular flexibility index (Phi) is 10.0. The zero-order valence-corrected chi connectivity index (χ0v) is 24.2. The zero-order chi connectivity index (χ0) is 29.6. The van der Waals surface area contributed by atoms with Gasteiger partial charge in [-0.05, 0) is 92.2 Å². The second-order valence-electron chi connectivity index (χ2n) is 10.8. The zero-order valence-electron chi connectivity index (χ0n) is 23.4. The molecule has 4 N–H and O–H groups in total. The smallest absolute Gasteiger partial charge is 0.404 e. The lowest BCUT2D eigenvalue weighted by Gasteiger charge is -2.44. The van der Waals surface area contributed by atoms with Crippen LogP contribution in [-0.4, -0.2) is 53.8 Å². The molecule has 1 aliphatic heterocycles. The number of nitrogens with one attached hydrogen (secondary N) is 2. The SMILES string of the molecule is CNCc1ccc(C(=O)N2CCCC(C(O)(CCCNC(=O)O)c3cccc(Cl)c3-c3cc(C)cc(F)c3)C2)cc1. The standard InChI is InChI=1S/C32H37ClFN3O4/c1-21-16-24(18-26(34)17-21)29-27(7-3-8-28(29)33)32(41,13-5-14-36-31(39)40)25-6-4-15-37(20-25)30(38)23-11-9-22(10-12-23)19-35-2/h3,7-12,16-18,25,35-36,41H,4-6,13-15,19-20H2,1-2H3,(H,39,40). The molecule has 0 radical (unpaired) electrons. The summed E-state index contributed by atoms with van der Waals surface area (Å²) in [5.74, 6) is -0.872. The Hall–Kier alpha value is -3.46. The fraction of sp³-hybridized carbons (Fsp3) is 0.375. The number of amides is 2. The number of hydrogen-bond acceptors (Lipinski definition) is 4. The van der Waals surface area contributed by atoms with Gasteiger partial charge in [-0.25, -0.2) is 9.18 Å². The van der Waals surface area contributed by atoms with Gasteiger partial charge in [0.05, 0.1) is 5.60 Å². The van der Waals surface area contributed by atoms with Crippen LogP contribution in [0.2, 0.25) is 5.02 Å². The molecule has 1 heterocycles. The number of aryl methyl sites for hydroxylation is 1. The van der Waals surface area contributed by atoms with Crippen molar-refractivity contribution in [2.45, 2.75) is 44.8 Å². The molecule has 41 heavy (non-hydrogen) atoms. The molecule has 2 unspecified atom stereocenters. The van der Waals surface area contributed by atoms with E-state index in [4.69, 9.17) is 16.7 Å². The topological polar surface area (TPSA) is 102 Å². The van der Waals surface area contributed by atoms with Crippen LogP contribution < -0.4 is 10.6 Å². The summed E-state index contributed by atoms with van der Waals surface area (Å²) >= 11 is 6.72. The molecule has 218 valence electrons. The van der Waals surface area contributed by atoms with E-state index in [1.54, 1.807) is 30.0 Å². The first kappa shape index (κ1) is 30.5. The number of hydrogen-bond donors (Lipinski definition) is 4. The maximum Gasteiger partial charge on any atom is 0.404 e. The molecule has 1 fully saturated rings. The largest absolute Gasteiger partial charge is 0.465 e. The highest BCUT2D eigenvalue weighted by atomic mass is 35.5. The van der Waals surface area contributed by atoms with Gasteiger partial charge in [-0.15, -0.1) is 0 Å². The molecule has 0 bridgehead atoms. The Labute approximate surface area is 245 Å². The second kappa shape index (κ2) is 13.5. The summed E-state index contributed by atoms with van der Waals surface area (Å²) in [6.45, 7) is 3.53. The number of carbonyl (C=O) groups is 2. The van der Waals surface area contributed by atoms with E-state index in [9.17, 15) is 19.1 Å². The molecule has 9 heteroatoms.